The van der Waals surface area contributed by atoms with Crippen LogP contribution in [0.4, 0.5) is 0 Å². The number of ketones is 1. The third-order valence-corrected chi connectivity index (χ3v) is 3.16. The Bertz CT molecular complexity index is 784. The van der Waals surface area contributed by atoms with Crippen LogP contribution in [0.5, 0.6) is 5.75 Å². The fourth-order valence-corrected chi connectivity index (χ4v) is 2.12. The van der Waals surface area contributed by atoms with Crippen LogP contribution in [0.2, 0.25) is 0 Å². The van der Waals surface area contributed by atoms with Gasteiger partial charge in [-0.25, -0.2) is 0 Å². The first-order chi connectivity index (χ1) is 9.70. The Kier molecular flexibility index (Phi) is 3.12. The molecule has 1 aromatic heterocycles. The monoisotopic (exact) mass is 287 g/mol. The Hall–Kier alpha value is -2.40. The highest BCUT2D eigenvalue weighted by molar-refractivity contribution is 6.32. The molecule has 1 heterocycles. The SMILES string of the molecule is O=C(CCl)c1c(O)ccc2nn(-c3ccccc3)nc12. The quantitative estimate of drug-likeness (QED) is 0.594. The summed E-state index contributed by atoms with van der Waals surface area (Å²) in [6.45, 7) is 0. The van der Waals surface area contributed by atoms with Crippen LogP contribution in [0, 0.1) is 0 Å². The number of hydrogen-bond acceptors (Lipinski definition) is 4. The van der Waals surface area contributed by atoms with Crippen molar-refractivity contribution in [3.05, 3.63) is 48.0 Å². The van der Waals surface area contributed by atoms with Crippen molar-refractivity contribution >= 4 is 28.4 Å². The summed E-state index contributed by atoms with van der Waals surface area (Å²) in [7, 11) is 0. The molecule has 2 aromatic carbocycles. The van der Waals surface area contributed by atoms with Crippen molar-refractivity contribution in [3.63, 3.8) is 0 Å². The maximum Gasteiger partial charge on any atom is 0.183 e. The number of phenols is 1. The van der Waals surface area contributed by atoms with E-state index in [1.165, 1.54) is 10.9 Å². The molecule has 0 fully saturated rings. The second-order valence-electron chi connectivity index (χ2n) is 4.21. The molecule has 0 saturated carbocycles. The zero-order valence-corrected chi connectivity index (χ0v) is 11.1. The minimum atomic E-state index is -0.380. The summed E-state index contributed by atoms with van der Waals surface area (Å²) in [5.74, 6) is -0.733. The Balaban J connectivity index is 2.24. The van der Waals surface area contributed by atoms with E-state index in [1.54, 1.807) is 6.07 Å². The zero-order valence-electron chi connectivity index (χ0n) is 10.3. The third kappa shape index (κ3) is 2.02. The summed E-state index contributed by atoms with van der Waals surface area (Å²) < 4.78 is 0. The van der Waals surface area contributed by atoms with Crippen molar-refractivity contribution < 1.29 is 9.90 Å². The van der Waals surface area contributed by atoms with Gasteiger partial charge in [0, 0.05) is 0 Å². The smallest absolute Gasteiger partial charge is 0.183 e. The molecular weight excluding hydrogens is 278 g/mol. The summed E-state index contributed by atoms with van der Waals surface area (Å²) in [6.07, 6.45) is 0. The molecule has 0 unspecified atom stereocenters. The second-order valence-corrected chi connectivity index (χ2v) is 4.48. The first-order valence-corrected chi connectivity index (χ1v) is 6.48. The number of carbonyl (C=O) groups is 1. The van der Waals surface area contributed by atoms with Crippen LogP contribution < -0.4 is 0 Å². The number of benzene rings is 2. The highest BCUT2D eigenvalue weighted by atomic mass is 35.5. The van der Waals surface area contributed by atoms with Crippen molar-refractivity contribution in [1.82, 2.24) is 15.0 Å². The van der Waals surface area contributed by atoms with E-state index in [9.17, 15) is 9.90 Å². The molecule has 3 aromatic rings. The van der Waals surface area contributed by atoms with Gasteiger partial charge in [-0.1, -0.05) is 18.2 Å². The number of para-hydroxylation sites is 1. The van der Waals surface area contributed by atoms with Gasteiger partial charge in [0.05, 0.1) is 17.1 Å². The lowest BCUT2D eigenvalue weighted by Gasteiger charge is -2.00. The molecule has 0 atom stereocenters. The van der Waals surface area contributed by atoms with E-state index >= 15 is 0 Å². The minimum Gasteiger partial charge on any atom is -0.507 e. The van der Waals surface area contributed by atoms with E-state index in [0.717, 1.165) is 5.69 Å². The Labute approximate surface area is 119 Å². The lowest BCUT2D eigenvalue weighted by Crippen LogP contribution is -2.02. The summed E-state index contributed by atoms with van der Waals surface area (Å²) in [6, 6.07) is 12.4. The fraction of sp³-hybridized carbons (Fsp3) is 0.0714. The van der Waals surface area contributed by atoms with Crippen LogP contribution in [-0.2, 0) is 0 Å². The average Bonchev–Trinajstić information content (AvgIpc) is 2.91. The predicted octanol–water partition coefficient (Wildman–Crippen LogP) is 2.55. The number of Topliss-reactive ketones (excluding diaryl/α,β-unsaturated/α-hetero) is 1. The van der Waals surface area contributed by atoms with E-state index in [2.05, 4.69) is 10.2 Å². The molecule has 0 aliphatic rings. The second kappa shape index (κ2) is 4.94. The van der Waals surface area contributed by atoms with Crippen molar-refractivity contribution in [2.75, 3.05) is 5.88 Å². The van der Waals surface area contributed by atoms with Crippen molar-refractivity contribution in [2.45, 2.75) is 0 Å². The molecule has 0 bridgehead atoms. The number of fused-ring (bicyclic) bond motifs is 1. The molecule has 0 aliphatic carbocycles. The molecule has 0 spiro atoms. The van der Waals surface area contributed by atoms with Gasteiger partial charge in [0.2, 0.25) is 0 Å². The van der Waals surface area contributed by atoms with Crippen LogP contribution >= 0.6 is 11.6 Å². The van der Waals surface area contributed by atoms with Gasteiger partial charge in [-0.2, -0.15) is 4.80 Å². The molecule has 0 aliphatic heterocycles. The number of carbonyl (C=O) groups excluding carboxylic acids is 1. The molecule has 6 heteroatoms. The highest BCUT2D eigenvalue weighted by Crippen LogP contribution is 2.26. The van der Waals surface area contributed by atoms with E-state index in [1.807, 2.05) is 30.3 Å². The normalized spacial score (nSPS) is 10.8. The number of nitrogens with zero attached hydrogens (tertiary/aromatic N) is 3. The lowest BCUT2D eigenvalue weighted by molar-refractivity contribution is 0.102. The summed E-state index contributed by atoms with van der Waals surface area (Å²) >= 11 is 5.57. The zero-order chi connectivity index (χ0) is 14.1. The first kappa shape index (κ1) is 12.6. The van der Waals surface area contributed by atoms with Gasteiger partial charge in [-0.05, 0) is 24.3 Å². The molecule has 100 valence electrons. The summed E-state index contributed by atoms with van der Waals surface area (Å²) in [5.41, 5.74) is 1.76. The summed E-state index contributed by atoms with van der Waals surface area (Å²) in [4.78, 5) is 13.3. The topological polar surface area (TPSA) is 68.0 Å². The van der Waals surface area contributed by atoms with E-state index in [4.69, 9.17) is 11.6 Å². The number of aromatic nitrogens is 3. The third-order valence-electron chi connectivity index (χ3n) is 2.92. The van der Waals surface area contributed by atoms with Gasteiger partial charge >= 0.3 is 0 Å². The largest absolute Gasteiger partial charge is 0.507 e. The maximum atomic E-state index is 11.8. The van der Waals surface area contributed by atoms with Crippen LogP contribution in [0.25, 0.3) is 16.7 Å². The molecule has 3 rings (SSSR count). The highest BCUT2D eigenvalue weighted by Gasteiger charge is 2.18. The maximum absolute atomic E-state index is 11.8. The van der Waals surface area contributed by atoms with Crippen molar-refractivity contribution in [1.29, 1.82) is 0 Å². The van der Waals surface area contributed by atoms with Gasteiger partial charge in [0.15, 0.2) is 5.78 Å². The van der Waals surface area contributed by atoms with Gasteiger partial charge in [0.25, 0.3) is 0 Å². The Morgan fingerprint density at radius 1 is 1.15 bits per heavy atom. The molecule has 0 saturated heterocycles. The van der Waals surface area contributed by atoms with Gasteiger partial charge in [-0.3, -0.25) is 4.79 Å². The Morgan fingerprint density at radius 3 is 2.60 bits per heavy atom. The fourth-order valence-electron chi connectivity index (χ4n) is 1.99. The van der Waals surface area contributed by atoms with Gasteiger partial charge in [-0.15, -0.1) is 21.8 Å². The number of rotatable bonds is 3. The number of aromatic hydroxyl groups is 1. The molecule has 1 N–H and O–H groups in total. The molecule has 5 nitrogen and oxygen atoms in total. The standard InChI is InChI=1S/C14H10ClN3O2/c15-8-12(20)13-11(19)7-6-10-14(13)17-18(16-10)9-4-2-1-3-5-9/h1-7,19H,8H2. The van der Waals surface area contributed by atoms with Crippen LogP contribution in [0.1, 0.15) is 10.4 Å². The van der Waals surface area contributed by atoms with Crippen molar-refractivity contribution in [3.8, 4) is 11.4 Å². The molecular formula is C14H10ClN3O2. The van der Waals surface area contributed by atoms with Crippen LogP contribution in [0.3, 0.4) is 0 Å². The van der Waals surface area contributed by atoms with Gasteiger partial charge in [0.1, 0.15) is 16.8 Å². The lowest BCUT2D eigenvalue weighted by atomic mass is 10.1. The number of halogens is 1. The minimum absolute atomic E-state index is 0.111. The number of alkyl halides is 1. The van der Waals surface area contributed by atoms with E-state index in [-0.39, 0.29) is 23.0 Å². The van der Waals surface area contributed by atoms with Gasteiger partial charge < -0.3 is 5.11 Å². The first-order valence-electron chi connectivity index (χ1n) is 5.94. The molecule has 20 heavy (non-hydrogen) atoms. The Morgan fingerprint density at radius 2 is 1.90 bits per heavy atom. The average molecular weight is 288 g/mol. The molecule has 0 radical (unpaired) electrons. The van der Waals surface area contributed by atoms with E-state index in [0.29, 0.717) is 11.0 Å². The molecule has 0 amide bonds. The van der Waals surface area contributed by atoms with Crippen LogP contribution in [-0.4, -0.2) is 31.8 Å². The number of phenolic OH excluding ortho intramolecular Hbond substituents is 1. The predicted molar refractivity (Wildman–Crippen MR) is 75.6 cm³/mol. The van der Waals surface area contributed by atoms with E-state index < -0.39 is 0 Å². The summed E-state index contributed by atoms with van der Waals surface area (Å²) in [5, 5.41) is 18.4. The number of hydrogen-bond donors (Lipinski definition) is 1. The van der Waals surface area contributed by atoms with Crippen molar-refractivity contribution in [2.24, 2.45) is 0 Å². The van der Waals surface area contributed by atoms with Crippen LogP contribution in [0.15, 0.2) is 42.5 Å².